The molecule has 0 radical (unpaired) electrons. The van der Waals surface area contributed by atoms with Crippen LogP contribution in [0.1, 0.15) is 45.4 Å². The summed E-state index contributed by atoms with van der Waals surface area (Å²) in [6.45, 7) is 2.70. The molecule has 2 heterocycles. The molecule has 0 bridgehead atoms. The fourth-order valence-electron chi connectivity index (χ4n) is 3.36. The van der Waals surface area contributed by atoms with Gasteiger partial charge in [0.15, 0.2) is 0 Å². The van der Waals surface area contributed by atoms with Gasteiger partial charge in [0, 0.05) is 31.5 Å². The van der Waals surface area contributed by atoms with Gasteiger partial charge in [0.25, 0.3) is 5.91 Å². The van der Waals surface area contributed by atoms with Crippen LogP contribution < -0.4 is 0 Å². The van der Waals surface area contributed by atoms with Crippen molar-refractivity contribution in [3.8, 4) is 0 Å². The van der Waals surface area contributed by atoms with Gasteiger partial charge in [0.05, 0.1) is 0 Å². The van der Waals surface area contributed by atoms with Crippen molar-refractivity contribution < 1.29 is 14.3 Å². The average Bonchev–Trinajstić information content (AvgIpc) is 3.02. The summed E-state index contributed by atoms with van der Waals surface area (Å²) in [5, 5.41) is 0. The molecule has 1 aliphatic carbocycles. The van der Waals surface area contributed by atoms with Crippen molar-refractivity contribution in [1.29, 1.82) is 0 Å². The van der Waals surface area contributed by atoms with E-state index in [2.05, 4.69) is 0 Å². The van der Waals surface area contributed by atoms with E-state index in [1.54, 1.807) is 0 Å². The van der Waals surface area contributed by atoms with E-state index in [9.17, 15) is 9.59 Å². The van der Waals surface area contributed by atoms with Crippen LogP contribution >= 0.6 is 0 Å². The Balaban J connectivity index is 1.77. The number of nitrogens with zero attached hydrogens (tertiary/aromatic N) is 1. The number of rotatable bonds is 2. The molecule has 3 atom stereocenters. The van der Waals surface area contributed by atoms with Crippen LogP contribution in [-0.2, 0) is 14.3 Å². The van der Waals surface area contributed by atoms with Gasteiger partial charge in [-0.25, -0.2) is 0 Å². The highest BCUT2D eigenvalue weighted by molar-refractivity contribution is 5.87. The Kier molecular flexibility index (Phi) is 3.14. The van der Waals surface area contributed by atoms with Crippen LogP contribution in [-0.4, -0.2) is 41.4 Å². The summed E-state index contributed by atoms with van der Waals surface area (Å²) in [6, 6.07) is 0.200. The van der Waals surface area contributed by atoms with E-state index in [0.29, 0.717) is 31.1 Å². The predicted molar refractivity (Wildman–Crippen MR) is 66.0 cm³/mol. The molecule has 1 amide bonds. The Morgan fingerprint density at radius 1 is 1.28 bits per heavy atom. The van der Waals surface area contributed by atoms with Gasteiger partial charge in [-0.2, -0.15) is 0 Å². The summed E-state index contributed by atoms with van der Waals surface area (Å²) in [5.41, 5.74) is 0. The van der Waals surface area contributed by atoms with E-state index < -0.39 is 0 Å². The van der Waals surface area contributed by atoms with E-state index in [-0.39, 0.29) is 24.1 Å². The van der Waals surface area contributed by atoms with E-state index in [4.69, 9.17) is 4.74 Å². The molecule has 3 fully saturated rings. The number of amides is 1. The fourth-order valence-corrected chi connectivity index (χ4v) is 3.36. The first-order chi connectivity index (χ1) is 8.66. The molecule has 2 saturated heterocycles. The Hall–Kier alpha value is -0.900. The molecular formula is C14H21NO3. The first-order valence-corrected chi connectivity index (χ1v) is 7.12. The monoisotopic (exact) mass is 251 g/mol. The van der Waals surface area contributed by atoms with Crippen LogP contribution in [0.15, 0.2) is 0 Å². The molecule has 3 rings (SSSR count). The van der Waals surface area contributed by atoms with Crippen LogP contribution in [0, 0.1) is 5.92 Å². The third-order valence-electron chi connectivity index (χ3n) is 4.42. The van der Waals surface area contributed by atoms with Crippen molar-refractivity contribution in [3.63, 3.8) is 0 Å². The van der Waals surface area contributed by atoms with Crippen molar-refractivity contribution in [3.05, 3.63) is 0 Å². The highest BCUT2D eigenvalue weighted by Gasteiger charge is 2.45. The molecular weight excluding hydrogens is 230 g/mol. The lowest BCUT2D eigenvalue weighted by Gasteiger charge is -2.41. The SMILES string of the molecule is CC1CC(=O)CC(C2CC2)N1C(=O)[C@H]1CCCO1. The number of carbonyl (C=O) groups is 2. The molecule has 3 aliphatic rings. The number of carbonyl (C=O) groups excluding carboxylic acids is 2. The average molecular weight is 251 g/mol. The molecule has 18 heavy (non-hydrogen) atoms. The molecule has 0 aromatic rings. The first-order valence-electron chi connectivity index (χ1n) is 7.12. The number of likely N-dealkylation sites (tertiary alicyclic amines) is 1. The van der Waals surface area contributed by atoms with Gasteiger partial charge >= 0.3 is 0 Å². The largest absolute Gasteiger partial charge is 0.368 e. The zero-order valence-electron chi connectivity index (χ0n) is 10.9. The van der Waals surface area contributed by atoms with Gasteiger partial charge in [-0.3, -0.25) is 9.59 Å². The zero-order chi connectivity index (χ0) is 12.7. The Morgan fingerprint density at radius 3 is 2.67 bits per heavy atom. The molecule has 4 nitrogen and oxygen atoms in total. The van der Waals surface area contributed by atoms with Crippen LogP contribution in [0.4, 0.5) is 0 Å². The molecule has 0 spiro atoms. The number of Topliss-reactive ketones (excluding diaryl/α,β-unsaturated/α-hetero) is 1. The molecule has 0 N–H and O–H groups in total. The number of ketones is 1. The zero-order valence-corrected chi connectivity index (χ0v) is 10.9. The summed E-state index contributed by atoms with van der Waals surface area (Å²) >= 11 is 0. The fraction of sp³-hybridized carbons (Fsp3) is 0.857. The first kappa shape index (κ1) is 12.2. The third-order valence-corrected chi connectivity index (χ3v) is 4.42. The molecule has 2 aliphatic heterocycles. The van der Waals surface area contributed by atoms with Crippen LogP contribution in [0.2, 0.25) is 0 Å². The van der Waals surface area contributed by atoms with Crippen molar-refractivity contribution in [2.45, 2.75) is 63.6 Å². The van der Waals surface area contributed by atoms with E-state index >= 15 is 0 Å². The summed E-state index contributed by atoms with van der Waals surface area (Å²) in [4.78, 5) is 26.3. The smallest absolute Gasteiger partial charge is 0.252 e. The summed E-state index contributed by atoms with van der Waals surface area (Å²) in [7, 11) is 0. The molecule has 1 saturated carbocycles. The summed E-state index contributed by atoms with van der Waals surface area (Å²) in [5.74, 6) is 1.00. The Labute approximate surface area is 108 Å². The maximum absolute atomic E-state index is 12.5. The van der Waals surface area contributed by atoms with Gasteiger partial charge in [-0.15, -0.1) is 0 Å². The lowest BCUT2D eigenvalue weighted by molar-refractivity contribution is -0.150. The van der Waals surface area contributed by atoms with Crippen LogP contribution in [0.25, 0.3) is 0 Å². The third kappa shape index (κ3) is 2.18. The highest BCUT2D eigenvalue weighted by Crippen LogP contribution is 2.40. The van der Waals surface area contributed by atoms with Gasteiger partial charge in [-0.1, -0.05) is 0 Å². The predicted octanol–water partition coefficient (Wildman–Crippen LogP) is 1.52. The lowest BCUT2D eigenvalue weighted by atomic mass is 9.91. The maximum atomic E-state index is 12.5. The number of ether oxygens (including phenoxy) is 1. The summed E-state index contributed by atoms with van der Waals surface area (Å²) in [6.07, 6.45) is 4.98. The Bertz CT molecular complexity index is 358. The van der Waals surface area contributed by atoms with Gasteiger partial charge in [0.2, 0.25) is 0 Å². The van der Waals surface area contributed by atoms with Crippen molar-refractivity contribution in [1.82, 2.24) is 4.90 Å². The topological polar surface area (TPSA) is 46.6 Å². The van der Waals surface area contributed by atoms with Crippen molar-refractivity contribution >= 4 is 11.7 Å². The lowest BCUT2D eigenvalue weighted by Crippen LogP contribution is -2.55. The highest BCUT2D eigenvalue weighted by atomic mass is 16.5. The second-order valence-corrected chi connectivity index (χ2v) is 5.95. The molecule has 100 valence electrons. The minimum Gasteiger partial charge on any atom is -0.368 e. The van der Waals surface area contributed by atoms with Gasteiger partial charge < -0.3 is 9.64 Å². The maximum Gasteiger partial charge on any atom is 0.252 e. The number of hydrogen-bond donors (Lipinski definition) is 0. The quantitative estimate of drug-likeness (QED) is 0.747. The van der Waals surface area contributed by atoms with Gasteiger partial charge in [-0.05, 0) is 38.5 Å². The van der Waals surface area contributed by atoms with Crippen molar-refractivity contribution in [2.75, 3.05) is 6.61 Å². The number of piperidine rings is 1. The minimum atomic E-state index is -0.248. The molecule has 0 aromatic heterocycles. The number of hydrogen-bond acceptors (Lipinski definition) is 3. The summed E-state index contributed by atoms with van der Waals surface area (Å²) < 4.78 is 5.52. The van der Waals surface area contributed by atoms with Crippen LogP contribution in [0.5, 0.6) is 0 Å². The van der Waals surface area contributed by atoms with Crippen molar-refractivity contribution in [2.24, 2.45) is 5.92 Å². The van der Waals surface area contributed by atoms with E-state index in [1.807, 2.05) is 11.8 Å². The second-order valence-electron chi connectivity index (χ2n) is 5.95. The minimum absolute atomic E-state index is 0.0496. The standard InChI is InChI=1S/C14H21NO3/c1-9-7-11(16)8-12(10-4-5-10)15(9)14(17)13-3-2-6-18-13/h9-10,12-13H,2-8H2,1H3/t9?,12?,13-/m1/s1. The van der Waals surface area contributed by atoms with Crippen LogP contribution in [0.3, 0.4) is 0 Å². The van der Waals surface area contributed by atoms with E-state index in [0.717, 1.165) is 12.8 Å². The Morgan fingerprint density at radius 2 is 2.06 bits per heavy atom. The molecule has 0 aromatic carbocycles. The second kappa shape index (κ2) is 4.65. The van der Waals surface area contributed by atoms with E-state index in [1.165, 1.54) is 12.8 Å². The molecule has 4 heteroatoms. The van der Waals surface area contributed by atoms with Gasteiger partial charge in [0.1, 0.15) is 11.9 Å². The normalized spacial score (nSPS) is 37.1. The molecule has 2 unspecified atom stereocenters.